The van der Waals surface area contributed by atoms with Crippen LogP contribution < -0.4 is 11.5 Å². The highest BCUT2D eigenvalue weighted by atomic mass is 16.1. The minimum absolute atomic E-state index is 0.0474. The molecule has 0 saturated carbocycles. The van der Waals surface area contributed by atoms with Crippen LogP contribution in [0.2, 0.25) is 0 Å². The van der Waals surface area contributed by atoms with E-state index < -0.39 is 5.66 Å². The second-order valence-electron chi connectivity index (χ2n) is 7.41. The van der Waals surface area contributed by atoms with Crippen molar-refractivity contribution in [2.45, 2.75) is 11.6 Å². The van der Waals surface area contributed by atoms with E-state index in [1.54, 1.807) is 54.6 Å². The number of benzene rings is 3. The Kier molecular flexibility index (Phi) is 5.27. The number of hydrogen-bond donors (Lipinski definition) is 2. The third kappa shape index (κ3) is 3.92. The van der Waals surface area contributed by atoms with Crippen LogP contribution in [0, 0.1) is 0 Å². The Labute approximate surface area is 175 Å². The Balaban J connectivity index is 1.68. The van der Waals surface area contributed by atoms with Gasteiger partial charge in [-0.1, -0.05) is 91.0 Å². The van der Waals surface area contributed by atoms with Crippen molar-refractivity contribution in [1.29, 1.82) is 0 Å². The maximum atomic E-state index is 13.0. The van der Waals surface area contributed by atoms with Gasteiger partial charge in [-0.05, 0) is 17.7 Å². The van der Waals surface area contributed by atoms with Gasteiger partial charge >= 0.3 is 0 Å². The van der Waals surface area contributed by atoms with E-state index in [0.717, 1.165) is 5.56 Å². The van der Waals surface area contributed by atoms with Crippen molar-refractivity contribution in [3.05, 3.63) is 131 Å². The summed E-state index contributed by atoms with van der Waals surface area (Å²) in [6, 6.07) is 25.5. The molecule has 1 aliphatic carbocycles. The lowest BCUT2D eigenvalue weighted by Gasteiger charge is -2.29. The van der Waals surface area contributed by atoms with Crippen molar-refractivity contribution < 1.29 is 9.59 Å². The van der Waals surface area contributed by atoms with Crippen LogP contribution >= 0.6 is 0 Å². The van der Waals surface area contributed by atoms with Crippen LogP contribution in [0.4, 0.5) is 0 Å². The first kappa shape index (κ1) is 19.7. The van der Waals surface area contributed by atoms with Gasteiger partial charge in [-0.3, -0.25) is 9.59 Å². The number of hydrogen-bond acceptors (Lipinski definition) is 4. The molecule has 0 radical (unpaired) electrons. The maximum absolute atomic E-state index is 13.0. The molecule has 0 aliphatic heterocycles. The smallest absolute Gasteiger partial charge is 0.193 e. The van der Waals surface area contributed by atoms with Crippen LogP contribution in [0.15, 0.2) is 109 Å². The fourth-order valence-corrected chi connectivity index (χ4v) is 3.60. The van der Waals surface area contributed by atoms with E-state index in [2.05, 4.69) is 0 Å². The number of carbonyl (C=O) groups excluding carboxylic acids is 2. The van der Waals surface area contributed by atoms with Gasteiger partial charge in [0.1, 0.15) is 5.66 Å². The average molecular weight is 394 g/mol. The summed E-state index contributed by atoms with van der Waals surface area (Å²) < 4.78 is 0. The molecule has 1 aliphatic rings. The number of carbonyl (C=O) groups is 2. The van der Waals surface area contributed by atoms with Gasteiger partial charge in [0.2, 0.25) is 0 Å². The molecule has 4 N–H and O–H groups in total. The Morgan fingerprint density at radius 1 is 0.700 bits per heavy atom. The molecule has 0 aromatic heterocycles. The summed E-state index contributed by atoms with van der Waals surface area (Å²) in [6.07, 6.45) is 5.31. The van der Waals surface area contributed by atoms with E-state index in [1.165, 1.54) is 0 Å². The number of nitrogens with two attached hydrogens (primary N) is 2. The van der Waals surface area contributed by atoms with Crippen molar-refractivity contribution in [3.8, 4) is 0 Å². The first-order valence-electron chi connectivity index (χ1n) is 9.74. The summed E-state index contributed by atoms with van der Waals surface area (Å²) in [5, 5.41) is 0. The summed E-state index contributed by atoms with van der Waals surface area (Å²) in [4.78, 5) is 25.9. The molecule has 4 rings (SSSR count). The van der Waals surface area contributed by atoms with E-state index >= 15 is 0 Å². The Bertz CT molecular complexity index is 1150. The van der Waals surface area contributed by atoms with Crippen molar-refractivity contribution in [1.82, 2.24) is 0 Å². The summed E-state index contributed by atoms with van der Waals surface area (Å²) >= 11 is 0. The van der Waals surface area contributed by atoms with Gasteiger partial charge in [-0.15, -0.1) is 0 Å². The molecule has 0 bridgehead atoms. The van der Waals surface area contributed by atoms with Crippen LogP contribution in [0.3, 0.4) is 0 Å². The summed E-state index contributed by atoms with van der Waals surface area (Å²) in [7, 11) is 0. The molecular weight excluding hydrogens is 372 g/mol. The summed E-state index contributed by atoms with van der Waals surface area (Å²) in [5.41, 5.74) is 14.0. The van der Waals surface area contributed by atoms with Gasteiger partial charge in [-0.25, -0.2) is 0 Å². The number of rotatable bonds is 5. The minimum Gasteiger partial charge on any atom is -0.306 e. The standard InChI is InChI=1S/C26H22N2O2/c27-26(28)15-14-21(17-23(26)25(30)19-10-5-2-6-11-19)20-12-7-13-22(16-20)24(29)18-8-3-1-4-9-18/h1-17,21H,27-28H2. The van der Waals surface area contributed by atoms with Crippen LogP contribution in [0.1, 0.15) is 37.8 Å². The predicted molar refractivity (Wildman–Crippen MR) is 118 cm³/mol. The highest BCUT2D eigenvalue weighted by Crippen LogP contribution is 2.31. The van der Waals surface area contributed by atoms with E-state index in [1.807, 2.05) is 48.5 Å². The Hall–Kier alpha value is -3.60. The minimum atomic E-state index is -1.35. The summed E-state index contributed by atoms with van der Waals surface area (Å²) in [6.45, 7) is 0. The van der Waals surface area contributed by atoms with E-state index in [4.69, 9.17) is 11.5 Å². The molecule has 4 heteroatoms. The van der Waals surface area contributed by atoms with Crippen molar-refractivity contribution in [2.75, 3.05) is 0 Å². The van der Waals surface area contributed by atoms with Crippen molar-refractivity contribution in [2.24, 2.45) is 11.5 Å². The quantitative estimate of drug-likeness (QED) is 0.389. The zero-order chi connectivity index (χ0) is 21.1. The van der Waals surface area contributed by atoms with Gasteiger partial charge in [0.25, 0.3) is 0 Å². The predicted octanol–water partition coefficient (Wildman–Crippen LogP) is 3.99. The third-order valence-electron chi connectivity index (χ3n) is 5.24. The van der Waals surface area contributed by atoms with Crippen molar-refractivity contribution in [3.63, 3.8) is 0 Å². The third-order valence-corrected chi connectivity index (χ3v) is 5.24. The fraction of sp³-hybridized carbons (Fsp3) is 0.0769. The molecule has 30 heavy (non-hydrogen) atoms. The van der Waals surface area contributed by atoms with Gasteiger partial charge in [0, 0.05) is 28.2 Å². The van der Waals surface area contributed by atoms with Gasteiger partial charge < -0.3 is 11.5 Å². The topological polar surface area (TPSA) is 86.2 Å². The lowest BCUT2D eigenvalue weighted by molar-refractivity contribution is 0.101. The molecule has 3 aromatic carbocycles. The second-order valence-corrected chi connectivity index (χ2v) is 7.41. The number of Topliss-reactive ketones (excluding diaryl/α,β-unsaturated/α-hetero) is 1. The zero-order valence-corrected chi connectivity index (χ0v) is 16.4. The van der Waals surface area contributed by atoms with E-state index in [-0.39, 0.29) is 17.5 Å². The lowest BCUT2D eigenvalue weighted by atomic mass is 9.82. The van der Waals surface area contributed by atoms with E-state index in [0.29, 0.717) is 22.3 Å². The van der Waals surface area contributed by atoms with Crippen LogP contribution in [-0.4, -0.2) is 17.2 Å². The number of allylic oxidation sites excluding steroid dienone is 2. The highest BCUT2D eigenvalue weighted by molar-refractivity contribution is 6.11. The monoisotopic (exact) mass is 394 g/mol. The molecule has 0 heterocycles. The Morgan fingerprint density at radius 2 is 1.27 bits per heavy atom. The van der Waals surface area contributed by atoms with E-state index in [9.17, 15) is 9.59 Å². The van der Waals surface area contributed by atoms with Crippen molar-refractivity contribution >= 4 is 11.6 Å². The van der Waals surface area contributed by atoms with Gasteiger partial charge in [-0.2, -0.15) is 0 Å². The molecular formula is C26H22N2O2. The van der Waals surface area contributed by atoms with Gasteiger partial charge in [0.15, 0.2) is 11.6 Å². The molecule has 0 spiro atoms. The summed E-state index contributed by atoms with van der Waals surface area (Å²) in [5.74, 6) is -0.461. The SMILES string of the molecule is NC1(N)C=CC(c2cccc(C(=O)c3ccccc3)c2)C=C1C(=O)c1ccccc1. The molecule has 0 saturated heterocycles. The zero-order valence-electron chi connectivity index (χ0n) is 16.4. The maximum Gasteiger partial charge on any atom is 0.193 e. The fourth-order valence-electron chi connectivity index (χ4n) is 3.60. The molecule has 4 nitrogen and oxygen atoms in total. The number of ketones is 2. The van der Waals surface area contributed by atoms with Crippen LogP contribution in [0.5, 0.6) is 0 Å². The first-order valence-corrected chi connectivity index (χ1v) is 9.74. The molecule has 0 fully saturated rings. The van der Waals surface area contributed by atoms with Gasteiger partial charge in [0.05, 0.1) is 0 Å². The lowest BCUT2D eigenvalue weighted by Crippen LogP contribution is -2.52. The first-order chi connectivity index (χ1) is 14.5. The Morgan fingerprint density at radius 3 is 1.90 bits per heavy atom. The molecule has 3 aromatic rings. The molecule has 148 valence electrons. The molecule has 1 atom stereocenters. The molecule has 1 unspecified atom stereocenters. The second kappa shape index (κ2) is 8.03. The average Bonchev–Trinajstić information content (AvgIpc) is 2.79. The molecule has 0 amide bonds. The highest BCUT2D eigenvalue weighted by Gasteiger charge is 2.32. The van der Waals surface area contributed by atoms with Crippen LogP contribution in [-0.2, 0) is 0 Å². The van der Waals surface area contributed by atoms with Crippen LogP contribution in [0.25, 0.3) is 0 Å². The normalized spacial score (nSPS) is 17.3. The largest absolute Gasteiger partial charge is 0.306 e.